The van der Waals surface area contributed by atoms with Gasteiger partial charge in [0.15, 0.2) is 0 Å². The smallest absolute Gasteiger partial charge is 0.410 e. The Kier molecular flexibility index (Phi) is 8.26. The first-order valence-electron chi connectivity index (χ1n) is 15.2. The fraction of sp³-hybridized carbons (Fsp3) is 0.382. The van der Waals surface area contributed by atoms with Gasteiger partial charge in [0.1, 0.15) is 17.5 Å². The van der Waals surface area contributed by atoms with Crippen LogP contribution in [0.5, 0.6) is 11.6 Å². The van der Waals surface area contributed by atoms with E-state index in [1.807, 2.05) is 64.1 Å². The number of halogens is 1. The van der Waals surface area contributed by atoms with E-state index in [0.717, 1.165) is 29.2 Å². The molecule has 3 heterocycles. The number of hydrogen-bond donors (Lipinski definition) is 2. The molecule has 0 bridgehead atoms. The number of carbonyl (C=O) groups is 2. The summed E-state index contributed by atoms with van der Waals surface area (Å²) in [5, 5.41) is 7.83. The highest BCUT2D eigenvalue weighted by molar-refractivity contribution is 6.05. The van der Waals surface area contributed by atoms with Crippen LogP contribution < -0.4 is 15.4 Å². The molecule has 3 atom stereocenters. The Hall–Kier alpha value is -4.80. The molecule has 1 saturated heterocycles. The van der Waals surface area contributed by atoms with Gasteiger partial charge in [0.25, 0.3) is 0 Å². The second-order valence-corrected chi connectivity index (χ2v) is 12.6. The number of alkyl halides is 1. The molecule has 2 fully saturated rings. The number of aryl methyl sites for hydroxylation is 1. The molecule has 10 nitrogen and oxygen atoms in total. The lowest BCUT2D eigenvalue weighted by Gasteiger charge is -2.34. The quantitative estimate of drug-likeness (QED) is 0.231. The fourth-order valence-corrected chi connectivity index (χ4v) is 5.46. The van der Waals surface area contributed by atoms with Gasteiger partial charge in [-0.25, -0.2) is 24.1 Å². The van der Waals surface area contributed by atoms with E-state index >= 15 is 0 Å². The summed E-state index contributed by atoms with van der Waals surface area (Å²) >= 11 is 0. The van der Waals surface area contributed by atoms with Crippen molar-refractivity contribution in [2.45, 2.75) is 64.8 Å². The number of likely N-dealkylation sites (tertiary alicyclic amines) is 1. The highest BCUT2D eigenvalue weighted by Crippen LogP contribution is 2.40. The molecule has 2 aromatic heterocycles. The topological polar surface area (TPSA) is 119 Å². The predicted octanol–water partition coefficient (Wildman–Crippen LogP) is 6.90. The molecule has 0 unspecified atom stereocenters. The van der Waals surface area contributed by atoms with Crippen LogP contribution in [-0.4, -0.2) is 62.8 Å². The Labute approximate surface area is 261 Å². The van der Waals surface area contributed by atoms with Gasteiger partial charge < -0.3 is 25.0 Å². The van der Waals surface area contributed by atoms with E-state index in [2.05, 4.69) is 20.6 Å². The Bertz CT molecular complexity index is 1740. The number of carbonyl (C=O) groups excluding carboxylic acids is 2. The van der Waals surface area contributed by atoms with Gasteiger partial charge in [-0.3, -0.25) is 4.79 Å². The van der Waals surface area contributed by atoms with Crippen molar-refractivity contribution in [3.63, 3.8) is 0 Å². The number of rotatable bonds is 7. The number of hydrogen-bond acceptors (Lipinski definition) is 8. The minimum atomic E-state index is -1.07. The van der Waals surface area contributed by atoms with Crippen LogP contribution in [0.3, 0.4) is 0 Å². The number of piperidine rings is 1. The minimum absolute atomic E-state index is 0.0325. The van der Waals surface area contributed by atoms with E-state index in [9.17, 15) is 14.0 Å². The Morgan fingerprint density at radius 1 is 1.02 bits per heavy atom. The van der Waals surface area contributed by atoms with E-state index in [-0.39, 0.29) is 24.5 Å². The third kappa shape index (κ3) is 6.97. The molecule has 2 aromatic carbocycles. The maximum absolute atomic E-state index is 13.5. The van der Waals surface area contributed by atoms with Crippen LogP contribution in [0.25, 0.3) is 22.0 Å². The summed E-state index contributed by atoms with van der Waals surface area (Å²) in [6.45, 7) is 8.65. The SMILES string of the molecule is Cc1ccc2c(NC(=O)[C@H]3C[C@H]3F)cccc2c1Oc1ncccc1-c1ccnc(N[C@H]2CCCN(C(=O)OC(C)(C)C)C2)n1. The molecule has 1 aliphatic heterocycles. The van der Waals surface area contributed by atoms with Crippen LogP contribution in [0.2, 0.25) is 0 Å². The standard InChI is InChI=1S/C34H37FN6O4/c1-20-12-13-22-23(9-5-11-27(22)39-30(42)25-18-26(25)35)29(20)44-31-24(10-6-15-36-31)28-14-16-37-32(40-28)38-21-8-7-17-41(19-21)33(43)45-34(2,3)4/h5-6,9-16,21,25-26H,7-8,17-19H2,1-4H3,(H,39,42)(H,37,38,40)/t21-,25-,26+/m0/s1. The van der Waals surface area contributed by atoms with Crippen molar-refractivity contribution in [1.29, 1.82) is 0 Å². The number of anilines is 2. The highest BCUT2D eigenvalue weighted by atomic mass is 19.1. The normalized spacial score (nSPS) is 19.6. The third-order valence-corrected chi connectivity index (χ3v) is 7.82. The van der Waals surface area contributed by atoms with Gasteiger partial charge in [-0.05, 0) is 76.8 Å². The largest absolute Gasteiger partial charge is 0.444 e. The molecule has 234 valence electrons. The fourth-order valence-electron chi connectivity index (χ4n) is 5.46. The first-order chi connectivity index (χ1) is 21.6. The van der Waals surface area contributed by atoms with E-state index in [4.69, 9.17) is 14.5 Å². The average molecular weight is 613 g/mol. The number of pyridine rings is 1. The third-order valence-electron chi connectivity index (χ3n) is 7.82. The first kappa shape index (κ1) is 30.2. The van der Waals surface area contributed by atoms with E-state index in [1.165, 1.54) is 0 Å². The van der Waals surface area contributed by atoms with Crippen molar-refractivity contribution in [3.8, 4) is 22.9 Å². The van der Waals surface area contributed by atoms with Gasteiger partial charge in [0.05, 0.1) is 17.2 Å². The lowest BCUT2D eigenvalue weighted by molar-refractivity contribution is -0.117. The van der Waals surface area contributed by atoms with Crippen LogP contribution >= 0.6 is 0 Å². The van der Waals surface area contributed by atoms with Crippen molar-refractivity contribution in [1.82, 2.24) is 19.9 Å². The zero-order valence-electron chi connectivity index (χ0n) is 25.8. The van der Waals surface area contributed by atoms with Crippen LogP contribution in [0.1, 0.15) is 45.6 Å². The summed E-state index contributed by atoms with van der Waals surface area (Å²) < 4.78 is 25.6. The average Bonchev–Trinajstić information content (AvgIpc) is 3.75. The van der Waals surface area contributed by atoms with Crippen LogP contribution in [0.15, 0.2) is 60.9 Å². The van der Waals surface area contributed by atoms with Gasteiger partial charge >= 0.3 is 6.09 Å². The molecular formula is C34H37FN6O4. The molecule has 2 N–H and O–H groups in total. The number of benzene rings is 2. The minimum Gasteiger partial charge on any atom is -0.444 e. The summed E-state index contributed by atoms with van der Waals surface area (Å²) in [5.74, 6) is 0.483. The van der Waals surface area contributed by atoms with Crippen molar-refractivity contribution in [3.05, 3.63) is 66.5 Å². The molecule has 1 saturated carbocycles. The monoisotopic (exact) mass is 612 g/mol. The van der Waals surface area contributed by atoms with Crippen LogP contribution in [0, 0.1) is 12.8 Å². The maximum atomic E-state index is 13.5. The van der Waals surface area contributed by atoms with E-state index < -0.39 is 17.7 Å². The second kappa shape index (κ2) is 12.3. The first-order valence-corrected chi connectivity index (χ1v) is 15.2. The van der Waals surface area contributed by atoms with Gasteiger partial charge in [-0.1, -0.05) is 24.3 Å². The lowest BCUT2D eigenvalue weighted by atomic mass is 10.0. The number of aromatic nitrogens is 3. The highest BCUT2D eigenvalue weighted by Gasteiger charge is 2.43. The molecule has 11 heteroatoms. The molecule has 0 spiro atoms. The Morgan fingerprint density at radius 3 is 2.62 bits per heavy atom. The van der Waals surface area contributed by atoms with Gasteiger partial charge in [0.2, 0.25) is 17.7 Å². The summed E-state index contributed by atoms with van der Waals surface area (Å²) in [6, 6.07) is 14.9. The summed E-state index contributed by atoms with van der Waals surface area (Å²) in [4.78, 5) is 40.6. The number of nitrogens with zero attached hydrogens (tertiary/aromatic N) is 4. The zero-order valence-corrected chi connectivity index (χ0v) is 25.8. The predicted molar refractivity (Wildman–Crippen MR) is 170 cm³/mol. The molecule has 0 radical (unpaired) electrons. The zero-order chi connectivity index (χ0) is 31.7. The van der Waals surface area contributed by atoms with Gasteiger partial charge in [0, 0.05) is 48.0 Å². The Morgan fingerprint density at radius 2 is 1.84 bits per heavy atom. The molecule has 2 aliphatic rings. The molecule has 4 aromatic rings. The van der Waals surface area contributed by atoms with Crippen molar-refractivity contribution in [2.75, 3.05) is 23.7 Å². The van der Waals surface area contributed by atoms with Gasteiger partial charge in [-0.2, -0.15) is 0 Å². The number of ether oxygens (including phenoxy) is 2. The number of amides is 2. The summed E-state index contributed by atoms with van der Waals surface area (Å²) in [5.41, 5.74) is 2.21. The number of fused-ring (bicyclic) bond motifs is 1. The van der Waals surface area contributed by atoms with Gasteiger partial charge in [-0.15, -0.1) is 0 Å². The number of nitrogens with one attached hydrogen (secondary N) is 2. The van der Waals surface area contributed by atoms with Crippen molar-refractivity contribution < 1.29 is 23.5 Å². The van der Waals surface area contributed by atoms with Crippen molar-refractivity contribution in [2.24, 2.45) is 5.92 Å². The van der Waals surface area contributed by atoms with Crippen LogP contribution in [0.4, 0.5) is 20.8 Å². The molecule has 1 aliphatic carbocycles. The molecule has 6 rings (SSSR count). The van der Waals surface area contributed by atoms with Crippen molar-refractivity contribution >= 4 is 34.4 Å². The van der Waals surface area contributed by atoms with Crippen LogP contribution in [-0.2, 0) is 9.53 Å². The maximum Gasteiger partial charge on any atom is 0.410 e. The second-order valence-electron chi connectivity index (χ2n) is 12.6. The molecule has 45 heavy (non-hydrogen) atoms. The van der Waals surface area contributed by atoms with E-state index in [0.29, 0.717) is 47.6 Å². The lowest BCUT2D eigenvalue weighted by Crippen LogP contribution is -2.47. The molecule has 2 amide bonds. The molecular weight excluding hydrogens is 575 g/mol. The van der Waals surface area contributed by atoms with E-state index in [1.54, 1.807) is 29.4 Å². The summed E-state index contributed by atoms with van der Waals surface area (Å²) in [7, 11) is 0. The summed E-state index contributed by atoms with van der Waals surface area (Å²) in [6.07, 6.45) is 3.90. The Balaban J connectivity index is 1.23.